The van der Waals surface area contributed by atoms with Gasteiger partial charge in [-0.05, 0) is 55.5 Å². The van der Waals surface area contributed by atoms with Crippen molar-refractivity contribution in [1.29, 1.82) is 0 Å². The second kappa shape index (κ2) is 7.22. The second-order valence-electron chi connectivity index (χ2n) is 7.54. The van der Waals surface area contributed by atoms with Crippen LogP contribution in [0, 0.1) is 5.41 Å². The lowest BCUT2D eigenvalue weighted by Crippen LogP contribution is -2.54. The van der Waals surface area contributed by atoms with Crippen molar-refractivity contribution in [3.63, 3.8) is 0 Å². The van der Waals surface area contributed by atoms with Gasteiger partial charge in [0.2, 0.25) is 5.91 Å². The quantitative estimate of drug-likeness (QED) is 0.868. The van der Waals surface area contributed by atoms with Crippen LogP contribution in [0.25, 0.3) is 0 Å². The number of aromatic hydroxyl groups is 1. The molecule has 2 aliphatic rings. The minimum Gasteiger partial charge on any atom is -0.504 e. The van der Waals surface area contributed by atoms with Crippen molar-refractivity contribution in [3.05, 3.63) is 23.8 Å². The van der Waals surface area contributed by atoms with Crippen LogP contribution < -0.4 is 4.74 Å². The molecule has 2 aliphatic heterocycles. The van der Waals surface area contributed by atoms with Gasteiger partial charge in [0, 0.05) is 26.6 Å². The lowest BCUT2D eigenvalue weighted by atomic mass is 9.71. The van der Waals surface area contributed by atoms with Gasteiger partial charge in [-0.15, -0.1) is 0 Å². The molecule has 6 heteroatoms. The molecule has 1 atom stereocenters. The minimum absolute atomic E-state index is 0.0435. The fraction of sp³-hybridized carbons (Fsp3) is 0.632. The standard InChI is InChI=1S/C19H28N2O4/c1-14(22)21-12-16(23)10-19(13-21)5-7-20(8-6-19)11-15-3-4-18(25-2)17(24)9-15/h3-4,9,16,23-24H,5-8,10-13H2,1-2H3. The second-order valence-corrected chi connectivity index (χ2v) is 7.54. The summed E-state index contributed by atoms with van der Waals surface area (Å²) in [5.74, 6) is 0.706. The number of amides is 1. The van der Waals surface area contributed by atoms with E-state index in [4.69, 9.17) is 4.74 Å². The zero-order valence-electron chi connectivity index (χ0n) is 15.1. The van der Waals surface area contributed by atoms with Crippen molar-refractivity contribution in [2.45, 2.75) is 38.8 Å². The van der Waals surface area contributed by atoms with Gasteiger partial charge in [0.1, 0.15) is 0 Å². The number of piperidine rings is 2. The molecule has 1 amide bonds. The van der Waals surface area contributed by atoms with E-state index in [9.17, 15) is 15.0 Å². The lowest BCUT2D eigenvalue weighted by Gasteiger charge is -2.49. The smallest absolute Gasteiger partial charge is 0.219 e. The first-order chi connectivity index (χ1) is 11.9. The summed E-state index contributed by atoms with van der Waals surface area (Å²) in [6.07, 6.45) is 2.34. The van der Waals surface area contributed by atoms with E-state index in [1.54, 1.807) is 31.1 Å². The molecule has 25 heavy (non-hydrogen) atoms. The minimum atomic E-state index is -0.414. The molecule has 0 radical (unpaired) electrons. The van der Waals surface area contributed by atoms with Crippen LogP contribution in [0.4, 0.5) is 0 Å². The van der Waals surface area contributed by atoms with Gasteiger partial charge >= 0.3 is 0 Å². The first-order valence-corrected chi connectivity index (χ1v) is 8.93. The summed E-state index contributed by atoms with van der Waals surface area (Å²) in [5.41, 5.74) is 1.10. The highest BCUT2D eigenvalue weighted by molar-refractivity contribution is 5.73. The highest BCUT2D eigenvalue weighted by atomic mass is 16.5. The molecule has 1 aromatic carbocycles. The van der Waals surface area contributed by atoms with Crippen LogP contribution in [0.2, 0.25) is 0 Å². The van der Waals surface area contributed by atoms with Crippen molar-refractivity contribution in [1.82, 2.24) is 9.80 Å². The number of phenolic OH excluding ortho intramolecular Hbond substituents is 1. The van der Waals surface area contributed by atoms with Gasteiger partial charge in [0.05, 0.1) is 13.2 Å². The molecule has 0 aliphatic carbocycles. The van der Waals surface area contributed by atoms with E-state index in [2.05, 4.69) is 4.90 Å². The number of β-amino-alcohol motifs (C(OH)–C–C–N with tert-alkyl or cyclic N) is 1. The molecule has 0 aromatic heterocycles. The number of rotatable bonds is 3. The van der Waals surface area contributed by atoms with E-state index in [1.807, 2.05) is 6.07 Å². The van der Waals surface area contributed by atoms with Crippen molar-refractivity contribution in [3.8, 4) is 11.5 Å². The van der Waals surface area contributed by atoms with Crippen molar-refractivity contribution < 1.29 is 19.7 Å². The predicted octanol–water partition coefficient (Wildman–Crippen LogP) is 1.60. The number of aliphatic hydroxyl groups excluding tert-OH is 1. The third-order valence-corrected chi connectivity index (χ3v) is 5.64. The van der Waals surface area contributed by atoms with E-state index >= 15 is 0 Å². The van der Waals surface area contributed by atoms with E-state index in [0.717, 1.165) is 51.0 Å². The van der Waals surface area contributed by atoms with E-state index in [-0.39, 0.29) is 17.1 Å². The monoisotopic (exact) mass is 348 g/mol. The highest BCUT2D eigenvalue weighted by Gasteiger charge is 2.42. The molecule has 2 fully saturated rings. The van der Waals surface area contributed by atoms with Crippen LogP contribution in [0.3, 0.4) is 0 Å². The van der Waals surface area contributed by atoms with Crippen LogP contribution in [-0.2, 0) is 11.3 Å². The van der Waals surface area contributed by atoms with Crippen molar-refractivity contribution >= 4 is 5.91 Å². The SMILES string of the molecule is COc1ccc(CN2CCC3(CC2)CC(O)CN(C(C)=O)C3)cc1O. The Labute approximate surface area is 149 Å². The molecular weight excluding hydrogens is 320 g/mol. The summed E-state index contributed by atoms with van der Waals surface area (Å²) in [4.78, 5) is 15.9. The van der Waals surface area contributed by atoms with Gasteiger partial charge in [-0.25, -0.2) is 0 Å². The summed E-state index contributed by atoms with van der Waals surface area (Å²) in [6.45, 7) is 5.46. The Morgan fingerprint density at radius 2 is 2.08 bits per heavy atom. The molecule has 2 heterocycles. The average Bonchev–Trinajstić information content (AvgIpc) is 2.57. The number of carbonyl (C=O) groups excluding carboxylic acids is 1. The summed E-state index contributed by atoms with van der Waals surface area (Å²) in [6, 6.07) is 5.52. The van der Waals surface area contributed by atoms with Crippen molar-refractivity contribution in [2.24, 2.45) is 5.41 Å². The van der Waals surface area contributed by atoms with Gasteiger partial charge in [-0.1, -0.05) is 6.07 Å². The maximum atomic E-state index is 11.7. The number of likely N-dealkylation sites (tertiary alicyclic amines) is 2. The first-order valence-electron chi connectivity index (χ1n) is 8.93. The molecular formula is C19H28N2O4. The van der Waals surface area contributed by atoms with Crippen LogP contribution in [0.5, 0.6) is 11.5 Å². The average molecular weight is 348 g/mol. The van der Waals surface area contributed by atoms with E-state index in [0.29, 0.717) is 12.3 Å². The van der Waals surface area contributed by atoms with Gasteiger partial charge in [-0.3, -0.25) is 9.69 Å². The van der Waals surface area contributed by atoms with Gasteiger partial charge < -0.3 is 19.8 Å². The summed E-state index contributed by atoms with van der Waals surface area (Å²) in [7, 11) is 1.54. The van der Waals surface area contributed by atoms with Crippen LogP contribution in [-0.4, -0.2) is 65.3 Å². The number of carbonyl (C=O) groups is 1. The number of methoxy groups -OCH3 is 1. The Kier molecular flexibility index (Phi) is 5.20. The topological polar surface area (TPSA) is 73.2 Å². The molecule has 1 aromatic rings. The third-order valence-electron chi connectivity index (χ3n) is 5.64. The number of phenols is 1. The highest BCUT2D eigenvalue weighted by Crippen LogP contribution is 2.40. The predicted molar refractivity (Wildman–Crippen MR) is 94.5 cm³/mol. The number of nitrogens with zero attached hydrogens (tertiary/aromatic N) is 2. The Hall–Kier alpha value is -1.79. The number of benzene rings is 1. The molecule has 2 saturated heterocycles. The Balaban J connectivity index is 1.60. The molecule has 1 spiro atoms. The number of ether oxygens (including phenoxy) is 1. The molecule has 0 saturated carbocycles. The molecule has 0 bridgehead atoms. The van der Waals surface area contributed by atoms with Crippen LogP contribution in [0.1, 0.15) is 31.7 Å². The molecule has 138 valence electrons. The first kappa shape index (κ1) is 18.0. The summed E-state index contributed by atoms with van der Waals surface area (Å²) in [5, 5.41) is 20.1. The molecule has 1 unspecified atom stereocenters. The lowest BCUT2D eigenvalue weighted by molar-refractivity contribution is -0.138. The molecule has 3 rings (SSSR count). The van der Waals surface area contributed by atoms with Crippen LogP contribution in [0.15, 0.2) is 18.2 Å². The molecule has 2 N–H and O–H groups in total. The van der Waals surface area contributed by atoms with Crippen molar-refractivity contribution in [2.75, 3.05) is 33.3 Å². The summed E-state index contributed by atoms with van der Waals surface area (Å²) < 4.78 is 5.09. The fourth-order valence-electron chi connectivity index (χ4n) is 4.23. The normalized spacial score (nSPS) is 23.6. The molecule has 6 nitrogen and oxygen atoms in total. The van der Waals surface area contributed by atoms with Gasteiger partial charge in [-0.2, -0.15) is 0 Å². The van der Waals surface area contributed by atoms with E-state index in [1.165, 1.54) is 0 Å². The van der Waals surface area contributed by atoms with E-state index < -0.39 is 6.10 Å². The third kappa shape index (κ3) is 4.07. The summed E-state index contributed by atoms with van der Waals surface area (Å²) >= 11 is 0. The van der Waals surface area contributed by atoms with Crippen LogP contribution >= 0.6 is 0 Å². The largest absolute Gasteiger partial charge is 0.504 e. The maximum Gasteiger partial charge on any atom is 0.219 e. The number of hydrogen-bond donors (Lipinski definition) is 2. The Morgan fingerprint density at radius 3 is 2.68 bits per heavy atom. The van der Waals surface area contributed by atoms with Gasteiger partial charge in [0.25, 0.3) is 0 Å². The number of aliphatic hydroxyl groups is 1. The Morgan fingerprint density at radius 1 is 1.36 bits per heavy atom. The zero-order chi connectivity index (χ0) is 18.0. The maximum absolute atomic E-state index is 11.7. The van der Waals surface area contributed by atoms with Gasteiger partial charge in [0.15, 0.2) is 11.5 Å². The Bertz CT molecular complexity index is 626. The number of hydrogen-bond acceptors (Lipinski definition) is 5. The fourth-order valence-corrected chi connectivity index (χ4v) is 4.23. The zero-order valence-corrected chi connectivity index (χ0v) is 15.1.